The Kier molecular flexibility index (Phi) is 6.86. The first-order valence-electron chi connectivity index (χ1n) is 10.9. The highest BCUT2D eigenvalue weighted by Crippen LogP contribution is 2.44. The maximum atomic E-state index is 14.0. The minimum absolute atomic E-state index is 0.0702. The lowest BCUT2D eigenvalue weighted by molar-refractivity contribution is -0.173. The van der Waals surface area contributed by atoms with Crippen molar-refractivity contribution in [2.45, 2.75) is 24.7 Å². The largest absolute Gasteiger partial charge is 0.493 e. The summed E-state index contributed by atoms with van der Waals surface area (Å²) in [6, 6.07) is 8.30. The molecule has 0 unspecified atom stereocenters. The molecule has 2 heterocycles. The lowest BCUT2D eigenvalue weighted by Gasteiger charge is -2.33. The Morgan fingerprint density at radius 2 is 1.56 bits per heavy atom. The molecule has 2 N–H and O–H groups in total. The first kappa shape index (κ1) is 25.0. The van der Waals surface area contributed by atoms with E-state index in [-0.39, 0.29) is 17.9 Å². The minimum Gasteiger partial charge on any atom is -0.493 e. The van der Waals surface area contributed by atoms with Gasteiger partial charge < -0.3 is 29.6 Å². The average molecular weight is 506 g/mol. The van der Waals surface area contributed by atoms with Crippen LogP contribution in [0.2, 0.25) is 0 Å². The number of alkyl halides is 3. The zero-order valence-electron chi connectivity index (χ0n) is 20.0. The highest BCUT2D eigenvalue weighted by molar-refractivity contribution is 6.03. The van der Waals surface area contributed by atoms with E-state index < -0.39 is 24.2 Å². The van der Waals surface area contributed by atoms with E-state index >= 15 is 0 Å². The lowest BCUT2D eigenvalue weighted by atomic mass is 9.96. The van der Waals surface area contributed by atoms with Gasteiger partial charge in [-0.05, 0) is 29.8 Å². The molecular formula is C24H25F3N4O5. The molecule has 3 aromatic rings. The third-order valence-corrected chi connectivity index (χ3v) is 5.87. The number of carbonyl (C=O) groups is 1. The van der Waals surface area contributed by atoms with Gasteiger partial charge in [-0.15, -0.1) is 0 Å². The second kappa shape index (κ2) is 9.88. The van der Waals surface area contributed by atoms with E-state index in [1.54, 1.807) is 30.3 Å². The summed E-state index contributed by atoms with van der Waals surface area (Å²) in [4.78, 5) is 12.8. The number of nitrogens with one attached hydrogen (secondary N) is 2. The standard InChI is InChI=1S/C24H25F3N4O5/c1-33-17-7-5-13(9-19(17)35-3)15-11-21(24(25,26)27)31-22(29-15)12-16(30-31)23(32)28-14-6-8-18(34-2)20(10-14)36-4/h5-10,12,15,21,29H,11H2,1-4H3,(H,28,32)/t15-,21-/m1/s1. The molecule has 1 amide bonds. The van der Waals surface area contributed by atoms with Crippen molar-refractivity contribution in [2.24, 2.45) is 0 Å². The number of aromatic nitrogens is 2. The Morgan fingerprint density at radius 1 is 0.944 bits per heavy atom. The van der Waals surface area contributed by atoms with Crippen LogP contribution in [0.3, 0.4) is 0 Å². The van der Waals surface area contributed by atoms with Crippen molar-refractivity contribution in [3.8, 4) is 23.0 Å². The predicted octanol–water partition coefficient (Wildman–Crippen LogP) is 4.83. The molecule has 0 bridgehead atoms. The van der Waals surface area contributed by atoms with Crippen molar-refractivity contribution < 1.29 is 36.9 Å². The van der Waals surface area contributed by atoms with Gasteiger partial charge >= 0.3 is 6.18 Å². The molecule has 9 nitrogen and oxygen atoms in total. The number of carbonyl (C=O) groups excluding carboxylic acids is 1. The molecule has 12 heteroatoms. The maximum absolute atomic E-state index is 14.0. The quantitative estimate of drug-likeness (QED) is 0.474. The van der Waals surface area contributed by atoms with Crippen LogP contribution in [0.1, 0.15) is 34.6 Å². The lowest BCUT2D eigenvalue weighted by Crippen LogP contribution is -2.35. The summed E-state index contributed by atoms with van der Waals surface area (Å²) in [5.41, 5.74) is 0.771. The van der Waals surface area contributed by atoms with Crippen molar-refractivity contribution in [3.05, 3.63) is 53.7 Å². The van der Waals surface area contributed by atoms with Crippen molar-refractivity contribution in [3.63, 3.8) is 0 Å². The van der Waals surface area contributed by atoms with Gasteiger partial charge in [0, 0.05) is 24.2 Å². The van der Waals surface area contributed by atoms with Crippen molar-refractivity contribution >= 4 is 17.4 Å². The summed E-state index contributed by atoms with van der Waals surface area (Å²) >= 11 is 0. The average Bonchev–Trinajstić information content (AvgIpc) is 3.31. The molecule has 1 aromatic heterocycles. The fourth-order valence-corrected chi connectivity index (χ4v) is 4.08. The van der Waals surface area contributed by atoms with Crippen LogP contribution in [0.15, 0.2) is 42.5 Å². The van der Waals surface area contributed by atoms with E-state index in [0.29, 0.717) is 34.2 Å². The first-order valence-corrected chi connectivity index (χ1v) is 10.9. The fourth-order valence-electron chi connectivity index (χ4n) is 4.08. The smallest absolute Gasteiger partial charge is 0.410 e. The van der Waals surface area contributed by atoms with Gasteiger partial charge in [0.25, 0.3) is 5.91 Å². The SMILES string of the molecule is COc1ccc(NC(=O)c2cc3n(n2)[C@@H](C(F)(F)F)C[C@H](c2ccc(OC)c(OC)c2)N3)cc1OC. The van der Waals surface area contributed by atoms with Gasteiger partial charge in [0.15, 0.2) is 34.7 Å². The van der Waals surface area contributed by atoms with E-state index in [4.69, 9.17) is 18.9 Å². The Balaban J connectivity index is 1.63. The van der Waals surface area contributed by atoms with E-state index in [9.17, 15) is 18.0 Å². The van der Waals surface area contributed by atoms with E-state index in [1.807, 2.05) is 0 Å². The Labute approximate surface area is 205 Å². The van der Waals surface area contributed by atoms with Crippen LogP contribution in [0.25, 0.3) is 0 Å². The predicted molar refractivity (Wildman–Crippen MR) is 125 cm³/mol. The van der Waals surface area contributed by atoms with Crippen molar-refractivity contribution in [2.75, 3.05) is 39.1 Å². The van der Waals surface area contributed by atoms with Gasteiger partial charge in [0.1, 0.15) is 5.82 Å². The van der Waals surface area contributed by atoms with E-state index in [0.717, 1.165) is 4.68 Å². The third-order valence-electron chi connectivity index (χ3n) is 5.87. The minimum atomic E-state index is -4.59. The molecule has 2 atom stereocenters. The van der Waals surface area contributed by atoms with Crippen LogP contribution >= 0.6 is 0 Å². The number of anilines is 2. The Bertz CT molecular complexity index is 1260. The van der Waals surface area contributed by atoms with Gasteiger partial charge in [-0.25, -0.2) is 4.68 Å². The van der Waals surface area contributed by atoms with Crippen LogP contribution in [0.5, 0.6) is 23.0 Å². The van der Waals surface area contributed by atoms with Crippen LogP contribution in [0, 0.1) is 0 Å². The summed E-state index contributed by atoms with van der Waals surface area (Å²) in [7, 11) is 5.85. The van der Waals surface area contributed by atoms with E-state index in [1.165, 1.54) is 40.6 Å². The molecule has 0 radical (unpaired) electrons. The molecule has 36 heavy (non-hydrogen) atoms. The number of methoxy groups -OCH3 is 4. The molecule has 0 saturated carbocycles. The van der Waals surface area contributed by atoms with Crippen LogP contribution in [-0.2, 0) is 0 Å². The summed E-state index contributed by atoms with van der Waals surface area (Å²) < 4.78 is 63.8. The van der Waals surface area contributed by atoms with Gasteiger partial charge in [-0.2, -0.15) is 18.3 Å². The monoisotopic (exact) mass is 506 g/mol. The first-order chi connectivity index (χ1) is 17.2. The second-order valence-electron chi connectivity index (χ2n) is 7.99. The molecule has 192 valence electrons. The Hall–Kier alpha value is -4.09. The topological polar surface area (TPSA) is 95.9 Å². The summed E-state index contributed by atoms with van der Waals surface area (Å²) in [5.74, 6) is 1.11. The third kappa shape index (κ3) is 4.83. The van der Waals surface area contributed by atoms with Crippen LogP contribution < -0.4 is 29.6 Å². The van der Waals surface area contributed by atoms with Gasteiger partial charge in [-0.3, -0.25) is 4.79 Å². The molecule has 1 aliphatic heterocycles. The normalized spacial score (nSPS) is 17.0. The van der Waals surface area contributed by atoms with Crippen LogP contribution in [0.4, 0.5) is 24.7 Å². The number of rotatable bonds is 7. The number of ether oxygens (including phenoxy) is 4. The van der Waals surface area contributed by atoms with E-state index in [2.05, 4.69) is 15.7 Å². The highest BCUT2D eigenvalue weighted by Gasteiger charge is 2.47. The molecule has 0 spiro atoms. The van der Waals surface area contributed by atoms with Crippen molar-refractivity contribution in [1.29, 1.82) is 0 Å². The number of amides is 1. The zero-order chi connectivity index (χ0) is 26.0. The number of benzene rings is 2. The highest BCUT2D eigenvalue weighted by atomic mass is 19.4. The molecule has 0 saturated heterocycles. The summed E-state index contributed by atoms with van der Waals surface area (Å²) in [6.45, 7) is 0. The van der Waals surface area contributed by atoms with Crippen LogP contribution in [-0.4, -0.2) is 50.3 Å². The number of hydrogen-bond acceptors (Lipinski definition) is 7. The summed E-state index contributed by atoms with van der Waals surface area (Å²) in [6.07, 6.45) is -4.92. The molecular weight excluding hydrogens is 481 g/mol. The molecule has 1 aliphatic rings. The number of halogens is 3. The molecule has 0 fully saturated rings. The summed E-state index contributed by atoms with van der Waals surface area (Å²) in [5, 5.41) is 9.67. The number of fused-ring (bicyclic) bond motifs is 1. The second-order valence-corrected chi connectivity index (χ2v) is 7.99. The number of nitrogens with zero attached hydrogens (tertiary/aromatic N) is 2. The van der Waals surface area contributed by atoms with Gasteiger partial charge in [0.2, 0.25) is 0 Å². The van der Waals surface area contributed by atoms with Gasteiger partial charge in [-0.1, -0.05) is 6.07 Å². The van der Waals surface area contributed by atoms with Gasteiger partial charge in [0.05, 0.1) is 34.5 Å². The Morgan fingerprint density at radius 3 is 2.17 bits per heavy atom. The zero-order valence-corrected chi connectivity index (χ0v) is 20.0. The molecule has 0 aliphatic carbocycles. The maximum Gasteiger partial charge on any atom is 0.410 e. The molecule has 2 aromatic carbocycles. The number of hydrogen-bond donors (Lipinski definition) is 2. The fraction of sp³-hybridized carbons (Fsp3) is 0.333. The molecule has 4 rings (SSSR count). The van der Waals surface area contributed by atoms with Crippen molar-refractivity contribution in [1.82, 2.24) is 9.78 Å².